The van der Waals surface area contributed by atoms with Gasteiger partial charge in [0.2, 0.25) is 0 Å². The van der Waals surface area contributed by atoms with Crippen molar-refractivity contribution < 1.29 is 9.13 Å². The molecule has 1 saturated heterocycles. The van der Waals surface area contributed by atoms with Gasteiger partial charge in [0.1, 0.15) is 11.6 Å². The summed E-state index contributed by atoms with van der Waals surface area (Å²) in [4.78, 5) is 15.9. The van der Waals surface area contributed by atoms with Crippen molar-refractivity contribution in [2.75, 3.05) is 36.5 Å². The Kier molecular flexibility index (Phi) is 4.43. The van der Waals surface area contributed by atoms with E-state index in [-0.39, 0.29) is 5.82 Å². The van der Waals surface area contributed by atoms with Gasteiger partial charge in [-0.3, -0.25) is 5.10 Å². The number of imidazole rings is 1. The van der Waals surface area contributed by atoms with E-state index in [2.05, 4.69) is 30.4 Å². The number of aromatic nitrogens is 6. The van der Waals surface area contributed by atoms with Crippen LogP contribution in [0, 0.1) is 5.82 Å². The van der Waals surface area contributed by atoms with Crippen LogP contribution in [-0.2, 0) is 4.74 Å². The number of fused-ring (bicyclic) bond motifs is 2. The molecular weight excluding hydrogens is 411 g/mol. The molecule has 5 aromatic rings. The number of ether oxygens (including phenoxy) is 1. The van der Waals surface area contributed by atoms with Crippen molar-refractivity contribution in [1.82, 2.24) is 29.5 Å². The Bertz CT molecular complexity index is 1410. The summed E-state index contributed by atoms with van der Waals surface area (Å²) in [5.74, 6) is 1.12. The fourth-order valence-electron chi connectivity index (χ4n) is 3.89. The third kappa shape index (κ3) is 3.30. The van der Waals surface area contributed by atoms with Crippen LogP contribution in [0.1, 0.15) is 0 Å². The summed E-state index contributed by atoms with van der Waals surface area (Å²) in [5, 5.41) is 10.5. The van der Waals surface area contributed by atoms with Crippen LogP contribution in [-0.4, -0.2) is 55.9 Å². The van der Waals surface area contributed by atoms with E-state index in [1.165, 1.54) is 12.3 Å². The van der Waals surface area contributed by atoms with Crippen molar-refractivity contribution in [3.05, 3.63) is 61.1 Å². The molecular formula is C22H19FN8O. The van der Waals surface area contributed by atoms with Gasteiger partial charge in [-0.05, 0) is 24.3 Å². The number of morpholine rings is 1. The molecule has 0 unspecified atom stereocenters. The lowest BCUT2D eigenvalue weighted by Crippen LogP contribution is -2.36. The SMILES string of the molecule is Fc1cc(-c2cn3ccnc3c(Nc3ccc(N4CCOCC4)nc3)n2)cc2[nH]ncc12. The number of anilines is 3. The van der Waals surface area contributed by atoms with Crippen LogP contribution in [0.5, 0.6) is 0 Å². The Balaban J connectivity index is 1.35. The number of nitrogens with one attached hydrogen (secondary N) is 2. The van der Waals surface area contributed by atoms with Crippen molar-refractivity contribution in [3.8, 4) is 11.3 Å². The minimum atomic E-state index is -0.351. The maximum atomic E-state index is 14.5. The second-order valence-electron chi connectivity index (χ2n) is 7.55. The molecule has 0 aliphatic carbocycles. The van der Waals surface area contributed by atoms with Gasteiger partial charge < -0.3 is 19.4 Å². The predicted molar refractivity (Wildman–Crippen MR) is 119 cm³/mol. The molecule has 1 aliphatic heterocycles. The summed E-state index contributed by atoms with van der Waals surface area (Å²) in [7, 11) is 0. The second-order valence-corrected chi connectivity index (χ2v) is 7.55. The molecule has 0 amide bonds. The maximum absolute atomic E-state index is 14.5. The van der Waals surface area contributed by atoms with Gasteiger partial charge in [0, 0.05) is 37.2 Å². The van der Waals surface area contributed by atoms with E-state index in [4.69, 9.17) is 9.72 Å². The number of hydrogen-bond donors (Lipinski definition) is 2. The smallest absolute Gasteiger partial charge is 0.180 e. The van der Waals surface area contributed by atoms with Gasteiger partial charge in [0.05, 0.1) is 47.9 Å². The topological polar surface area (TPSA) is 96.3 Å². The lowest BCUT2D eigenvalue weighted by atomic mass is 10.1. The molecule has 6 rings (SSSR count). The predicted octanol–water partition coefficient (Wildman–Crippen LogP) is 3.39. The molecule has 0 bridgehead atoms. The Morgan fingerprint density at radius 1 is 1.09 bits per heavy atom. The Morgan fingerprint density at radius 3 is 2.84 bits per heavy atom. The van der Waals surface area contributed by atoms with E-state index >= 15 is 0 Å². The monoisotopic (exact) mass is 430 g/mol. The molecule has 1 fully saturated rings. The lowest BCUT2D eigenvalue weighted by molar-refractivity contribution is 0.122. The molecule has 160 valence electrons. The molecule has 0 radical (unpaired) electrons. The fraction of sp³-hybridized carbons (Fsp3) is 0.182. The maximum Gasteiger partial charge on any atom is 0.180 e. The lowest BCUT2D eigenvalue weighted by Gasteiger charge is -2.27. The molecule has 5 heterocycles. The average Bonchev–Trinajstić information content (AvgIpc) is 3.50. The first-order valence-electron chi connectivity index (χ1n) is 10.3. The summed E-state index contributed by atoms with van der Waals surface area (Å²) in [6.07, 6.45) is 8.60. The zero-order valence-electron chi connectivity index (χ0n) is 17.0. The third-order valence-corrected chi connectivity index (χ3v) is 5.52. The largest absolute Gasteiger partial charge is 0.378 e. The fourth-order valence-corrected chi connectivity index (χ4v) is 3.89. The van der Waals surface area contributed by atoms with E-state index in [1.807, 2.05) is 35.0 Å². The third-order valence-electron chi connectivity index (χ3n) is 5.52. The van der Waals surface area contributed by atoms with E-state index in [9.17, 15) is 4.39 Å². The zero-order valence-corrected chi connectivity index (χ0v) is 17.0. The molecule has 0 spiro atoms. The summed E-state index contributed by atoms with van der Waals surface area (Å²) in [6.45, 7) is 3.08. The molecule has 1 aliphatic rings. The van der Waals surface area contributed by atoms with Gasteiger partial charge in [0.25, 0.3) is 0 Å². The first kappa shape index (κ1) is 18.7. The van der Waals surface area contributed by atoms with Gasteiger partial charge in [-0.1, -0.05) is 0 Å². The van der Waals surface area contributed by atoms with Crippen LogP contribution < -0.4 is 10.2 Å². The van der Waals surface area contributed by atoms with Gasteiger partial charge >= 0.3 is 0 Å². The van der Waals surface area contributed by atoms with Crippen molar-refractivity contribution >= 4 is 33.9 Å². The van der Waals surface area contributed by atoms with E-state index in [0.717, 1.165) is 24.6 Å². The first-order valence-corrected chi connectivity index (χ1v) is 10.3. The van der Waals surface area contributed by atoms with Crippen LogP contribution >= 0.6 is 0 Å². The minimum absolute atomic E-state index is 0.351. The summed E-state index contributed by atoms with van der Waals surface area (Å²) in [5.41, 5.74) is 3.30. The Morgan fingerprint density at radius 2 is 2.00 bits per heavy atom. The molecule has 0 saturated carbocycles. The normalized spacial score (nSPS) is 14.3. The number of halogens is 1. The van der Waals surface area contributed by atoms with Crippen molar-refractivity contribution in [2.24, 2.45) is 0 Å². The minimum Gasteiger partial charge on any atom is -0.378 e. The van der Waals surface area contributed by atoms with Crippen molar-refractivity contribution in [2.45, 2.75) is 0 Å². The van der Waals surface area contributed by atoms with Crippen LogP contribution in [0.15, 0.2) is 55.2 Å². The summed E-state index contributed by atoms with van der Waals surface area (Å²) in [6, 6.07) is 7.23. The number of hydrogen-bond acceptors (Lipinski definition) is 7. The highest BCUT2D eigenvalue weighted by molar-refractivity contribution is 5.84. The highest BCUT2D eigenvalue weighted by atomic mass is 19.1. The van der Waals surface area contributed by atoms with Crippen LogP contribution in [0.2, 0.25) is 0 Å². The quantitative estimate of drug-likeness (QED) is 0.451. The molecule has 32 heavy (non-hydrogen) atoms. The molecule has 0 atom stereocenters. The standard InChI is InChI=1S/C22H19FN8O/c23-17-9-14(10-18-16(17)12-26-29-18)19-13-31-4-3-24-22(31)21(28-19)27-15-1-2-20(25-11-15)30-5-7-32-8-6-30/h1-4,9-13H,5-8H2,(H,26,29)(H,27,28). The number of aromatic amines is 1. The Hall–Kier alpha value is -4.05. The van der Waals surface area contributed by atoms with E-state index < -0.39 is 0 Å². The number of pyridine rings is 1. The number of rotatable bonds is 4. The van der Waals surface area contributed by atoms with E-state index in [1.54, 1.807) is 12.4 Å². The molecule has 1 aromatic carbocycles. The highest BCUT2D eigenvalue weighted by Crippen LogP contribution is 2.28. The number of benzene rings is 1. The van der Waals surface area contributed by atoms with E-state index in [0.29, 0.717) is 46.8 Å². The van der Waals surface area contributed by atoms with Crippen LogP contribution in [0.4, 0.5) is 21.7 Å². The summed E-state index contributed by atoms with van der Waals surface area (Å²) < 4.78 is 21.8. The van der Waals surface area contributed by atoms with Crippen LogP contribution in [0.3, 0.4) is 0 Å². The van der Waals surface area contributed by atoms with Gasteiger partial charge in [0.15, 0.2) is 11.5 Å². The van der Waals surface area contributed by atoms with Crippen molar-refractivity contribution in [1.29, 1.82) is 0 Å². The molecule has 9 nitrogen and oxygen atoms in total. The number of nitrogens with zero attached hydrogens (tertiary/aromatic N) is 6. The molecule has 2 N–H and O–H groups in total. The Labute approximate surface area is 181 Å². The second kappa shape index (κ2) is 7.57. The zero-order chi connectivity index (χ0) is 21.5. The van der Waals surface area contributed by atoms with Gasteiger partial charge in [-0.2, -0.15) is 5.10 Å². The first-order chi connectivity index (χ1) is 15.7. The molecule has 10 heteroatoms. The van der Waals surface area contributed by atoms with Crippen LogP contribution in [0.25, 0.3) is 27.8 Å². The average molecular weight is 430 g/mol. The van der Waals surface area contributed by atoms with Gasteiger partial charge in [-0.15, -0.1) is 0 Å². The van der Waals surface area contributed by atoms with Crippen molar-refractivity contribution in [3.63, 3.8) is 0 Å². The van der Waals surface area contributed by atoms with Gasteiger partial charge in [-0.25, -0.2) is 19.3 Å². The molecule has 4 aromatic heterocycles. The highest BCUT2D eigenvalue weighted by Gasteiger charge is 2.14. The summed E-state index contributed by atoms with van der Waals surface area (Å²) >= 11 is 0. The number of H-pyrrole nitrogens is 1.